The van der Waals surface area contributed by atoms with Crippen LogP contribution < -0.4 is 14.9 Å². The van der Waals surface area contributed by atoms with E-state index >= 15 is 0 Å². The molecule has 1 heterocycles. The van der Waals surface area contributed by atoms with E-state index in [-0.39, 0.29) is 6.42 Å². The molecule has 2 bridgehead atoms. The van der Waals surface area contributed by atoms with Gasteiger partial charge in [-0.2, -0.15) is 0 Å². The lowest BCUT2D eigenvalue weighted by atomic mass is 9.67. The molecule has 2 aliphatic rings. The number of hydrogen-bond donors (Lipinski definition) is 0. The van der Waals surface area contributed by atoms with Gasteiger partial charge in [-0.05, 0) is 35.3 Å². The molecule has 9 heteroatoms. The highest BCUT2D eigenvalue weighted by Gasteiger charge is 2.55. The third kappa shape index (κ3) is 4.85. The quantitative estimate of drug-likeness (QED) is 0.148. The number of esters is 3. The normalized spacial score (nSPS) is 20.3. The fourth-order valence-corrected chi connectivity index (χ4v) is 6.12. The first kappa shape index (κ1) is 27.0. The summed E-state index contributed by atoms with van der Waals surface area (Å²) in [7, 11) is -0.782. The molecular weight excluding hydrogens is 523 g/mol. The van der Waals surface area contributed by atoms with Crippen LogP contribution in [0.2, 0.25) is 0 Å². The fraction of sp³-hybridized carbons (Fsp3) is 0.281. The first-order chi connectivity index (χ1) is 19.6. The van der Waals surface area contributed by atoms with Gasteiger partial charge in [-0.1, -0.05) is 54.6 Å². The van der Waals surface area contributed by atoms with Crippen molar-refractivity contribution in [2.45, 2.75) is 58.3 Å². The molecule has 0 saturated carbocycles. The Labute approximate surface area is 237 Å². The lowest BCUT2D eigenvalue weighted by molar-refractivity contribution is -0.171. The van der Waals surface area contributed by atoms with Gasteiger partial charge in [-0.25, -0.2) is 0 Å². The van der Waals surface area contributed by atoms with Gasteiger partial charge in [-0.15, -0.1) is 0 Å². The van der Waals surface area contributed by atoms with Crippen LogP contribution in [0, 0.1) is 0 Å². The summed E-state index contributed by atoms with van der Waals surface area (Å²) in [6, 6.07) is 21.2. The number of carbonyl (C=O) groups excluding carboxylic acids is 3. The number of hydrogen-bond acceptors (Lipinski definition) is 8. The number of rotatable bonds is 5. The van der Waals surface area contributed by atoms with E-state index in [2.05, 4.69) is 0 Å². The van der Waals surface area contributed by atoms with Gasteiger partial charge < -0.3 is 23.5 Å². The van der Waals surface area contributed by atoms with Crippen LogP contribution in [-0.2, 0) is 34.9 Å². The number of benzene rings is 4. The van der Waals surface area contributed by atoms with Crippen LogP contribution in [-0.4, -0.2) is 36.7 Å². The highest BCUT2D eigenvalue weighted by Crippen LogP contribution is 2.55. The van der Waals surface area contributed by atoms with Crippen LogP contribution in [0.1, 0.15) is 51.3 Å². The molecule has 0 amide bonds. The van der Waals surface area contributed by atoms with Crippen LogP contribution in [0.15, 0.2) is 66.7 Å². The second-order valence-corrected chi connectivity index (χ2v) is 10.7. The van der Waals surface area contributed by atoms with E-state index in [1.165, 1.54) is 20.8 Å². The zero-order chi connectivity index (χ0) is 28.9. The van der Waals surface area contributed by atoms with Crippen molar-refractivity contribution >= 4 is 52.0 Å². The topological polar surface area (TPSA) is 97.4 Å². The lowest BCUT2D eigenvalue weighted by Gasteiger charge is -2.50. The fourth-order valence-electron chi connectivity index (χ4n) is 6.12. The Balaban J connectivity index is 1.66. The molecule has 0 N–H and O–H groups in total. The largest absolute Gasteiger partial charge is 0.494 e. The molecule has 1 aliphatic heterocycles. The smallest absolute Gasteiger partial charge is 0.460 e. The Kier molecular flexibility index (Phi) is 6.79. The second kappa shape index (κ2) is 10.3. The molecule has 4 aromatic rings. The van der Waals surface area contributed by atoms with Crippen molar-refractivity contribution in [2.24, 2.45) is 0 Å². The van der Waals surface area contributed by atoms with Crippen LogP contribution in [0.4, 0.5) is 0 Å². The third-order valence-corrected chi connectivity index (χ3v) is 7.82. The molecule has 1 saturated heterocycles. The van der Waals surface area contributed by atoms with Crippen LogP contribution in [0.5, 0.6) is 11.5 Å². The molecule has 0 spiro atoms. The number of fused-ring (bicyclic) bond motifs is 6. The van der Waals surface area contributed by atoms with Gasteiger partial charge in [0, 0.05) is 55.5 Å². The van der Waals surface area contributed by atoms with Crippen LogP contribution >= 0.6 is 0 Å². The van der Waals surface area contributed by atoms with Crippen molar-refractivity contribution in [3.8, 4) is 11.5 Å². The molecule has 6 rings (SSSR count). The minimum atomic E-state index is -1.02. The van der Waals surface area contributed by atoms with Gasteiger partial charge >= 0.3 is 25.0 Å². The minimum absolute atomic E-state index is 0.222. The van der Waals surface area contributed by atoms with E-state index in [0.717, 1.165) is 16.2 Å². The van der Waals surface area contributed by atoms with Gasteiger partial charge in [0.05, 0.1) is 11.7 Å². The summed E-state index contributed by atoms with van der Waals surface area (Å²) in [5.74, 6) is -0.719. The molecule has 0 radical (unpaired) electrons. The molecular formula is C32H29BO8. The van der Waals surface area contributed by atoms with Crippen molar-refractivity contribution in [3.05, 3.63) is 77.9 Å². The summed E-state index contributed by atoms with van der Waals surface area (Å²) in [4.78, 5) is 37.1. The molecule has 41 heavy (non-hydrogen) atoms. The maximum Gasteiger partial charge on any atom is 0.494 e. The maximum absolute atomic E-state index is 12.5. The molecule has 3 atom stereocenters. The van der Waals surface area contributed by atoms with E-state index in [1.807, 2.05) is 66.7 Å². The average Bonchev–Trinajstić information content (AvgIpc) is 2.93. The van der Waals surface area contributed by atoms with E-state index in [1.54, 1.807) is 6.92 Å². The summed E-state index contributed by atoms with van der Waals surface area (Å²) in [5.41, 5.74) is 1.01. The summed E-state index contributed by atoms with van der Waals surface area (Å²) in [6.45, 7) is 5.85. The molecule has 8 nitrogen and oxygen atoms in total. The zero-order valence-corrected chi connectivity index (χ0v) is 23.3. The lowest BCUT2D eigenvalue weighted by Crippen LogP contribution is -2.60. The van der Waals surface area contributed by atoms with Crippen molar-refractivity contribution < 1.29 is 37.9 Å². The zero-order valence-electron chi connectivity index (χ0n) is 23.3. The first-order valence-corrected chi connectivity index (χ1v) is 13.6. The highest BCUT2D eigenvalue weighted by atomic mass is 16.6. The van der Waals surface area contributed by atoms with E-state index in [9.17, 15) is 14.4 Å². The molecule has 208 valence electrons. The van der Waals surface area contributed by atoms with Crippen molar-refractivity contribution in [2.75, 3.05) is 0 Å². The third-order valence-electron chi connectivity index (χ3n) is 7.82. The monoisotopic (exact) mass is 552 g/mol. The van der Waals surface area contributed by atoms with Crippen molar-refractivity contribution in [1.82, 2.24) is 0 Å². The minimum Gasteiger partial charge on any atom is -0.460 e. The Bertz CT molecular complexity index is 1700. The van der Waals surface area contributed by atoms with Gasteiger partial charge in [0.15, 0.2) is 0 Å². The standard InChI is InChI=1S/C32H29BO8/c1-18(37-19(2)34)32-16-27-29(28(17-32)40-33(41-32)24-12-6-5-7-13-24)31(39-21(4)36)26-15-23-11-9-8-10-22(23)14-25(26)30(27)38-20(3)35/h5-15,18,28H,16-17H2,1-4H3/t18-,28+,32+/m1/s1. The van der Waals surface area contributed by atoms with Crippen molar-refractivity contribution in [1.29, 1.82) is 0 Å². The molecule has 1 aliphatic carbocycles. The first-order valence-electron chi connectivity index (χ1n) is 13.6. The summed E-state index contributed by atoms with van der Waals surface area (Å²) in [6.07, 6.45) is -0.750. The molecule has 1 fully saturated rings. The predicted octanol–water partition coefficient (Wildman–Crippen LogP) is 4.96. The summed E-state index contributed by atoms with van der Waals surface area (Å²) >= 11 is 0. The Hall–Kier alpha value is -4.21. The summed E-state index contributed by atoms with van der Waals surface area (Å²) in [5, 5.41) is 3.10. The van der Waals surface area contributed by atoms with Gasteiger partial charge in [-0.3, -0.25) is 14.4 Å². The SMILES string of the molecule is CC(=O)Oc1c2c(c(OC(C)=O)c3cc4ccccc4cc13)[C@@H]1C[C@]([C@@H](C)OC(C)=O)(C2)OB(c2ccccc2)O1. The van der Waals surface area contributed by atoms with Crippen LogP contribution in [0.3, 0.4) is 0 Å². The second-order valence-electron chi connectivity index (χ2n) is 10.7. The van der Waals surface area contributed by atoms with E-state index in [0.29, 0.717) is 39.8 Å². The predicted molar refractivity (Wildman–Crippen MR) is 153 cm³/mol. The van der Waals surface area contributed by atoms with Crippen molar-refractivity contribution in [3.63, 3.8) is 0 Å². The molecule has 4 aromatic carbocycles. The number of ether oxygens (including phenoxy) is 3. The number of carbonyl (C=O) groups is 3. The van der Waals surface area contributed by atoms with Gasteiger partial charge in [0.25, 0.3) is 0 Å². The molecule has 0 unspecified atom stereocenters. The molecule has 0 aromatic heterocycles. The highest BCUT2D eigenvalue weighted by molar-refractivity contribution is 6.61. The van der Waals surface area contributed by atoms with Gasteiger partial charge in [0.1, 0.15) is 17.6 Å². The Morgan fingerprint density at radius 1 is 0.854 bits per heavy atom. The Morgan fingerprint density at radius 3 is 2.05 bits per heavy atom. The average molecular weight is 552 g/mol. The van der Waals surface area contributed by atoms with E-state index in [4.69, 9.17) is 23.5 Å². The van der Waals surface area contributed by atoms with Gasteiger partial charge in [0.2, 0.25) is 0 Å². The van der Waals surface area contributed by atoms with E-state index < -0.39 is 42.8 Å². The maximum atomic E-state index is 12.5. The van der Waals surface area contributed by atoms with Crippen LogP contribution in [0.25, 0.3) is 21.5 Å². The summed E-state index contributed by atoms with van der Waals surface area (Å²) < 4.78 is 30.8. The Morgan fingerprint density at radius 2 is 1.44 bits per heavy atom.